The van der Waals surface area contributed by atoms with Crippen LogP contribution in [0.2, 0.25) is 0 Å². The smallest absolute Gasteiger partial charge is 0.258 e. The Morgan fingerprint density at radius 3 is 2.79 bits per heavy atom. The fourth-order valence-electron chi connectivity index (χ4n) is 1.44. The number of aryl methyl sites for hydroxylation is 1. The van der Waals surface area contributed by atoms with Crippen molar-refractivity contribution in [1.82, 2.24) is 0 Å². The third-order valence-corrected chi connectivity index (χ3v) is 2.48. The number of nitrogens with zero attached hydrogens (tertiary/aromatic N) is 1. The molecule has 0 saturated heterocycles. The monoisotopic (exact) mass is 211 g/mol. The van der Waals surface area contributed by atoms with Crippen molar-refractivity contribution in [2.75, 3.05) is 5.75 Å². The highest BCUT2D eigenvalue weighted by Crippen LogP contribution is 2.23. The van der Waals surface area contributed by atoms with Crippen LogP contribution in [0.1, 0.15) is 17.5 Å². The van der Waals surface area contributed by atoms with E-state index < -0.39 is 0 Å². The number of hydrogen-bond donors (Lipinski definition) is 1. The Bertz CT molecular complexity index is 339. The van der Waals surface area contributed by atoms with Gasteiger partial charge in [0.2, 0.25) is 0 Å². The first-order valence-corrected chi connectivity index (χ1v) is 5.14. The molecule has 1 rings (SSSR count). The summed E-state index contributed by atoms with van der Waals surface area (Å²) in [4.78, 5) is 10.4. The number of benzene rings is 1. The van der Waals surface area contributed by atoms with Crippen LogP contribution in [0.5, 0.6) is 0 Å². The lowest BCUT2D eigenvalue weighted by Crippen LogP contribution is -1.98. The molecule has 0 aromatic heterocycles. The first-order chi connectivity index (χ1) is 6.66. The van der Waals surface area contributed by atoms with E-state index in [4.69, 9.17) is 0 Å². The van der Waals surface area contributed by atoms with Gasteiger partial charge in [0, 0.05) is 11.6 Å². The van der Waals surface area contributed by atoms with Crippen LogP contribution in [0.4, 0.5) is 5.69 Å². The van der Waals surface area contributed by atoms with E-state index in [1.807, 2.05) is 13.0 Å². The molecule has 3 nitrogen and oxygen atoms in total. The molecule has 1 aromatic rings. The van der Waals surface area contributed by atoms with Gasteiger partial charge in [0.1, 0.15) is 0 Å². The van der Waals surface area contributed by atoms with Crippen molar-refractivity contribution in [1.29, 1.82) is 0 Å². The van der Waals surface area contributed by atoms with Crippen molar-refractivity contribution in [3.8, 4) is 0 Å². The Balaban J connectivity index is 3.02. The molecular weight excluding hydrogens is 198 g/mol. The first kappa shape index (κ1) is 11.0. The second-order valence-electron chi connectivity index (χ2n) is 3.16. The molecule has 0 spiro atoms. The lowest BCUT2D eigenvalue weighted by atomic mass is 10.0. The Kier molecular flexibility index (Phi) is 3.95. The minimum absolute atomic E-state index is 0.229. The molecule has 0 aliphatic heterocycles. The van der Waals surface area contributed by atoms with E-state index in [2.05, 4.69) is 12.6 Å². The molecule has 0 saturated carbocycles. The predicted octanol–water partition coefficient (Wildman–Crippen LogP) is 2.77. The molecule has 0 amide bonds. The molecule has 0 N–H and O–H groups in total. The maximum Gasteiger partial charge on any atom is 0.272 e. The number of rotatable bonds is 4. The van der Waals surface area contributed by atoms with Gasteiger partial charge >= 0.3 is 0 Å². The molecule has 0 bridgehead atoms. The third-order valence-electron chi connectivity index (χ3n) is 2.17. The first-order valence-electron chi connectivity index (χ1n) is 4.50. The van der Waals surface area contributed by atoms with Gasteiger partial charge < -0.3 is 0 Å². The number of thiol groups is 1. The molecule has 4 heteroatoms. The van der Waals surface area contributed by atoms with Crippen LogP contribution in [0.3, 0.4) is 0 Å². The second-order valence-corrected chi connectivity index (χ2v) is 3.60. The van der Waals surface area contributed by atoms with Crippen LogP contribution in [-0.2, 0) is 6.42 Å². The van der Waals surface area contributed by atoms with E-state index in [1.54, 1.807) is 12.1 Å². The van der Waals surface area contributed by atoms with E-state index >= 15 is 0 Å². The normalized spacial score (nSPS) is 10.1. The minimum Gasteiger partial charge on any atom is -0.258 e. The standard InChI is InChI=1S/C10H13NO2S/c1-8-4-2-6-10(11(12)13)9(8)5-3-7-14/h2,4,6,14H,3,5,7H2,1H3. The Morgan fingerprint density at radius 2 is 2.21 bits per heavy atom. The van der Waals surface area contributed by atoms with E-state index in [1.165, 1.54) is 0 Å². The summed E-state index contributed by atoms with van der Waals surface area (Å²) in [5.41, 5.74) is 2.05. The zero-order chi connectivity index (χ0) is 10.6. The number of nitro groups is 1. The highest BCUT2D eigenvalue weighted by atomic mass is 32.1. The number of nitro benzene ring substituents is 1. The van der Waals surface area contributed by atoms with Gasteiger partial charge in [-0.25, -0.2) is 0 Å². The largest absolute Gasteiger partial charge is 0.272 e. The van der Waals surface area contributed by atoms with Crippen molar-refractivity contribution in [3.05, 3.63) is 39.4 Å². The van der Waals surface area contributed by atoms with Gasteiger partial charge in [-0.3, -0.25) is 10.1 Å². The Hall–Kier alpha value is -1.03. The van der Waals surface area contributed by atoms with Crippen LogP contribution in [-0.4, -0.2) is 10.7 Å². The second kappa shape index (κ2) is 5.00. The van der Waals surface area contributed by atoms with Crippen molar-refractivity contribution in [2.45, 2.75) is 19.8 Å². The van der Waals surface area contributed by atoms with Gasteiger partial charge in [-0.05, 0) is 31.1 Å². The van der Waals surface area contributed by atoms with Crippen molar-refractivity contribution in [3.63, 3.8) is 0 Å². The summed E-state index contributed by atoms with van der Waals surface area (Å²) >= 11 is 4.10. The lowest BCUT2D eigenvalue weighted by Gasteiger charge is -2.05. The van der Waals surface area contributed by atoms with Gasteiger partial charge in [0.05, 0.1) is 4.92 Å². The molecule has 0 aliphatic rings. The highest BCUT2D eigenvalue weighted by Gasteiger charge is 2.14. The maximum atomic E-state index is 10.7. The topological polar surface area (TPSA) is 43.1 Å². The fraction of sp³-hybridized carbons (Fsp3) is 0.400. The van der Waals surface area contributed by atoms with Crippen LogP contribution in [0.25, 0.3) is 0 Å². The van der Waals surface area contributed by atoms with Crippen molar-refractivity contribution < 1.29 is 4.92 Å². The minimum atomic E-state index is -0.319. The molecule has 0 aliphatic carbocycles. The summed E-state index contributed by atoms with van der Waals surface area (Å²) in [5, 5.41) is 10.7. The highest BCUT2D eigenvalue weighted by molar-refractivity contribution is 7.80. The van der Waals surface area contributed by atoms with Gasteiger partial charge in [-0.2, -0.15) is 12.6 Å². The van der Waals surface area contributed by atoms with Gasteiger partial charge in [-0.1, -0.05) is 12.1 Å². The van der Waals surface area contributed by atoms with Crippen LogP contribution >= 0.6 is 12.6 Å². The molecule has 76 valence electrons. The third kappa shape index (κ3) is 2.48. The molecular formula is C10H13NO2S. The van der Waals surface area contributed by atoms with Crippen LogP contribution < -0.4 is 0 Å². The van der Waals surface area contributed by atoms with E-state index in [9.17, 15) is 10.1 Å². The van der Waals surface area contributed by atoms with E-state index in [-0.39, 0.29) is 10.6 Å². The van der Waals surface area contributed by atoms with E-state index in [0.717, 1.165) is 29.7 Å². The summed E-state index contributed by atoms with van der Waals surface area (Å²) < 4.78 is 0. The Labute approximate surface area is 88.7 Å². The quantitative estimate of drug-likeness (QED) is 0.473. The molecule has 1 aromatic carbocycles. The fourth-order valence-corrected chi connectivity index (χ4v) is 1.60. The predicted molar refractivity (Wildman–Crippen MR) is 60.0 cm³/mol. The zero-order valence-corrected chi connectivity index (χ0v) is 8.96. The lowest BCUT2D eigenvalue weighted by molar-refractivity contribution is -0.385. The molecule has 0 heterocycles. The zero-order valence-electron chi connectivity index (χ0n) is 8.06. The van der Waals surface area contributed by atoms with Crippen LogP contribution in [0.15, 0.2) is 18.2 Å². The summed E-state index contributed by atoms with van der Waals surface area (Å²) in [6.07, 6.45) is 1.60. The van der Waals surface area contributed by atoms with Crippen molar-refractivity contribution >= 4 is 18.3 Å². The number of hydrogen-bond acceptors (Lipinski definition) is 3. The Morgan fingerprint density at radius 1 is 1.50 bits per heavy atom. The molecule has 14 heavy (non-hydrogen) atoms. The maximum absolute atomic E-state index is 10.7. The van der Waals surface area contributed by atoms with Crippen LogP contribution in [0, 0.1) is 17.0 Å². The summed E-state index contributed by atoms with van der Waals surface area (Å²) in [6.45, 7) is 1.90. The average molecular weight is 211 g/mol. The van der Waals surface area contributed by atoms with Gasteiger partial charge in [-0.15, -0.1) is 0 Å². The average Bonchev–Trinajstić information content (AvgIpc) is 2.15. The summed E-state index contributed by atoms with van der Waals surface area (Å²) in [5.74, 6) is 0.755. The molecule has 0 radical (unpaired) electrons. The summed E-state index contributed by atoms with van der Waals surface area (Å²) in [6, 6.07) is 5.18. The van der Waals surface area contributed by atoms with Gasteiger partial charge in [0.15, 0.2) is 0 Å². The van der Waals surface area contributed by atoms with Crippen molar-refractivity contribution in [2.24, 2.45) is 0 Å². The van der Waals surface area contributed by atoms with Gasteiger partial charge in [0.25, 0.3) is 5.69 Å². The molecule has 0 unspecified atom stereocenters. The summed E-state index contributed by atoms with van der Waals surface area (Å²) in [7, 11) is 0. The molecule has 0 fully saturated rings. The molecule has 0 atom stereocenters. The SMILES string of the molecule is Cc1cccc([N+](=O)[O-])c1CCCS. The van der Waals surface area contributed by atoms with E-state index in [0.29, 0.717) is 0 Å².